The van der Waals surface area contributed by atoms with Gasteiger partial charge in [-0.15, -0.1) is 0 Å². The average Bonchev–Trinajstić information content (AvgIpc) is 2.61. The minimum atomic E-state index is -4.58. The highest BCUT2D eigenvalue weighted by atomic mass is 19.4. The van der Waals surface area contributed by atoms with Crippen LogP contribution in [0.1, 0.15) is 57.1 Å². The van der Waals surface area contributed by atoms with Gasteiger partial charge in [-0.25, -0.2) is 4.79 Å². The molecule has 1 N–H and O–H groups in total. The zero-order valence-corrected chi connectivity index (χ0v) is 15.7. The van der Waals surface area contributed by atoms with Gasteiger partial charge in [0.1, 0.15) is 0 Å². The molecule has 0 radical (unpaired) electrons. The average molecular weight is 383 g/mol. The summed E-state index contributed by atoms with van der Waals surface area (Å²) in [5, 5.41) is 2.54. The normalized spacial score (nSPS) is 17.9. The summed E-state index contributed by atoms with van der Waals surface area (Å²) in [7, 11) is 0. The Morgan fingerprint density at radius 3 is 2.48 bits per heavy atom. The van der Waals surface area contributed by atoms with Crippen molar-refractivity contribution in [1.29, 1.82) is 0 Å². The molecule has 1 heterocycles. The number of alkyl halides is 3. The number of nitrogens with one attached hydrogen (secondary N) is 1. The molecule has 0 aliphatic carbocycles. The van der Waals surface area contributed by atoms with E-state index in [1.807, 2.05) is 13.8 Å². The highest BCUT2D eigenvalue weighted by molar-refractivity contribution is 5.96. The molecule has 0 saturated heterocycles. The van der Waals surface area contributed by atoms with Crippen LogP contribution >= 0.6 is 0 Å². The van der Waals surface area contributed by atoms with E-state index in [2.05, 4.69) is 5.32 Å². The standard InChI is InChI=1S/C20H24F3NO3/c1-4-13(5-2)11-27-19(26)18-12(3)24-17(25)10-15(18)14-8-6-7-9-16(14)20(21,22)23/h6-9,13,15H,4-5,10-11H2,1-3H3,(H,24,25)/t15-/m0/s1. The van der Waals surface area contributed by atoms with Crippen LogP contribution in [0.15, 0.2) is 35.5 Å². The van der Waals surface area contributed by atoms with Gasteiger partial charge in [0.25, 0.3) is 0 Å². The zero-order valence-electron chi connectivity index (χ0n) is 15.7. The van der Waals surface area contributed by atoms with Crippen LogP contribution in [0.4, 0.5) is 13.2 Å². The molecule has 1 aromatic rings. The molecule has 2 rings (SSSR count). The van der Waals surface area contributed by atoms with E-state index < -0.39 is 29.5 Å². The van der Waals surface area contributed by atoms with Crippen molar-refractivity contribution in [2.75, 3.05) is 6.61 Å². The van der Waals surface area contributed by atoms with Crippen molar-refractivity contribution in [2.45, 2.75) is 52.1 Å². The third-order valence-electron chi connectivity index (χ3n) is 4.94. The first kappa shape index (κ1) is 21.0. The van der Waals surface area contributed by atoms with E-state index in [0.29, 0.717) is 0 Å². The smallest absolute Gasteiger partial charge is 0.416 e. The Morgan fingerprint density at radius 1 is 1.26 bits per heavy atom. The van der Waals surface area contributed by atoms with Gasteiger partial charge >= 0.3 is 12.1 Å². The van der Waals surface area contributed by atoms with Crippen LogP contribution in [0.2, 0.25) is 0 Å². The first-order valence-electron chi connectivity index (χ1n) is 9.02. The summed E-state index contributed by atoms with van der Waals surface area (Å²) < 4.78 is 45.7. The number of rotatable bonds is 6. The van der Waals surface area contributed by atoms with Crippen LogP contribution in [0.3, 0.4) is 0 Å². The van der Waals surface area contributed by atoms with E-state index in [1.54, 1.807) is 0 Å². The van der Waals surface area contributed by atoms with Gasteiger partial charge in [-0.2, -0.15) is 13.2 Å². The number of hydrogen-bond donors (Lipinski definition) is 1. The molecular weight excluding hydrogens is 359 g/mol. The van der Waals surface area contributed by atoms with Gasteiger partial charge in [0, 0.05) is 18.0 Å². The molecule has 4 nitrogen and oxygen atoms in total. The Bertz CT molecular complexity index is 736. The largest absolute Gasteiger partial charge is 0.462 e. The molecule has 1 aliphatic heterocycles. The number of amides is 1. The van der Waals surface area contributed by atoms with Crippen molar-refractivity contribution < 1.29 is 27.5 Å². The van der Waals surface area contributed by atoms with Crippen LogP contribution in [0.25, 0.3) is 0 Å². The molecular formula is C20H24F3NO3. The molecule has 0 aromatic heterocycles. The highest BCUT2D eigenvalue weighted by Gasteiger charge is 2.40. The predicted molar refractivity (Wildman–Crippen MR) is 94.7 cm³/mol. The van der Waals surface area contributed by atoms with Crippen LogP contribution in [-0.4, -0.2) is 18.5 Å². The number of halogens is 3. The Morgan fingerprint density at radius 2 is 1.89 bits per heavy atom. The zero-order chi connectivity index (χ0) is 20.2. The summed E-state index contributed by atoms with van der Waals surface area (Å²) in [5.41, 5.74) is -0.614. The van der Waals surface area contributed by atoms with Crippen molar-refractivity contribution in [3.63, 3.8) is 0 Å². The number of allylic oxidation sites excluding steroid dienone is 1. The summed E-state index contributed by atoms with van der Waals surface area (Å²) in [6.45, 7) is 5.67. The second-order valence-corrected chi connectivity index (χ2v) is 6.71. The number of carbonyl (C=O) groups excluding carboxylic acids is 2. The quantitative estimate of drug-likeness (QED) is 0.733. The van der Waals surface area contributed by atoms with Crippen LogP contribution in [-0.2, 0) is 20.5 Å². The first-order valence-corrected chi connectivity index (χ1v) is 9.02. The maximum absolute atomic E-state index is 13.4. The Kier molecular flexibility index (Phi) is 6.68. The van der Waals surface area contributed by atoms with Gasteiger partial charge in [0.15, 0.2) is 0 Å². The fourth-order valence-electron chi connectivity index (χ4n) is 3.29. The Balaban J connectivity index is 2.41. The summed E-state index contributed by atoms with van der Waals surface area (Å²) in [6, 6.07) is 5.04. The molecule has 148 valence electrons. The lowest BCUT2D eigenvalue weighted by atomic mass is 9.82. The fraction of sp³-hybridized carbons (Fsp3) is 0.500. The van der Waals surface area contributed by atoms with Crippen LogP contribution in [0.5, 0.6) is 0 Å². The SMILES string of the molecule is CCC(CC)COC(=O)C1=C(C)NC(=O)C[C@H]1c1ccccc1C(F)(F)F. The molecule has 0 spiro atoms. The summed E-state index contributed by atoms with van der Waals surface area (Å²) >= 11 is 0. The number of benzene rings is 1. The van der Waals surface area contributed by atoms with Crippen molar-refractivity contribution in [1.82, 2.24) is 5.32 Å². The molecule has 0 bridgehead atoms. The third-order valence-corrected chi connectivity index (χ3v) is 4.94. The van der Waals surface area contributed by atoms with Gasteiger partial charge in [-0.1, -0.05) is 44.9 Å². The number of carbonyl (C=O) groups is 2. The van der Waals surface area contributed by atoms with E-state index in [4.69, 9.17) is 4.74 Å². The van der Waals surface area contributed by atoms with Crippen molar-refractivity contribution >= 4 is 11.9 Å². The minimum absolute atomic E-state index is 0.0808. The summed E-state index contributed by atoms with van der Waals surface area (Å²) in [4.78, 5) is 24.7. The van der Waals surface area contributed by atoms with E-state index >= 15 is 0 Å². The molecule has 1 aromatic carbocycles. The Labute approximate surface area is 156 Å². The fourth-order valence-corrected chi connectivity index (χ4v) is 3.29. The lowest BCUT2D eigenvalue weighted by Gasteiger charge is -2.28. The molecule has 7 heteroatoms. The molecule has 1 atom stereocenters. The minimum Gasteiger partial charge on any atom is -0.462 e. The molecule has 1 aliphatic rings. The number of ether oxygens (including phenoxy) is 1. The number of esters is 1. The molecule has 0 unspecified atom stereocenters. The second-order valence-electron chi connectivity index (χ2n) is 6.71. The van der Waals surface area contributed by atoms with Crippen LogP contribution in [0, 0.1) is 5.92 Å². The van der Waals surface area contributed by atoms with Gasteiger partial charge in [0.05, 0.1) is 17.7 Å². The van der Waals surface area contributed by atoms with Gasteiger partial charge in [0.2, 0.25) is 5.91 Å². The van der Waals surface area contributed by atoms with Crippen molar-refractivity contribution in [2.24, 2.45) is 5.92 Å². The van der Waals surface area contributed by atoms with Crippen LogP contribution < -0.4 is 5.32 Å². The topological polar surface area (TPSA) is 55.4 Å². The van der Waals surface area contributed by atoms with E-state index in [-0.39, 0.29) is 35.8 Å². The Hall–Kier alpha value is -2.31. The van der Waals surface area contributed by atoms with Gasteiger partial charge in [-0.3, -0.25) is 4.79 Å². The van der Waals surface area contributed by atoms with Gasteiger partial charge in [-0.05, 0) is 24.5 Å². The lowest BCUT2D eigenvalue weighted by Crippen LogP contribution is -2.35. The highest BCUT2D eigenvalue weighted by Crippen LogP contribution is 2.41. The summed E-state index contributed by atoms with van der Waals surface area (Å²) in [5.74, 6) is -1.91. The maximum atomic E-state index is 13.4. The van der Waals surface area contributed by atoms with E-state index in [9.17, 15) is 22.8 Å². The maximum Gasteiger partial charge on any atom is 0.416 e. The number of hydrogen-bond acceptors (Lipinski definition) is 3. The van der Waals surface area contributed by atoms with E-state index in [1.165, 1.54) is 25.1 Å². The van der Waals surface area contributed by atoms with Gasteiger partial charge < -0.3 is 10.1 Å². The summed E-state index contributed by atoms with van der Waals surface area (Å²) in [6.07, 6.45) is -3.15. The van der Waals surface area contributed by atoms with E-state index in [0.717, 1.165) is 18.9 Å². The lowest BCUT2D eigenvalue weighted by molar-refractivity contribution is -0.142. The van der Waals surface area contributed by atoms with Crippen molar-refractivity contribution in [3.8, 4) is 0 Å². The first-order chi connectivity index (χ1) is 12.7. The second kappa shape index (κ2) is 8.59. The van der Waals surface area contributed by atoms with Crippen molar-refractivity contribution in [3.05, 3.63) is 46.7 Å². The molecule has 27 heavy (non-hydrogen) atoms. The molecule has 0 fully saturated rings. The molecule has 1 amide bonds. The monoisotopic (exact) mass is 383 g/mol. The predicted octanol–water partition coefficient (Wildman–Crippen LogP) is 4.56. The molecule has 0 saturated carbocycles. The third kappa shape index (κ3) is 4.90.